The summed E-state index contributed by atoms with van der Waals surface area (Å²) in [7, 11) is 2.06. The molecule has 2 nitrogen and oxygen atoms in total. The molecule has 0 aromatic heterocycles. The monoisotopic (exact) mass is 219 g/mol. The normalized spacial score (nSPS) is 11.3. The number of rotatable bonds is 7. The summed E-state index contributed by atoms with van der Waals surface area (Å²) in [5, 5.41) is 2.06. The summed E-state index contributed by atoms with van der Waals surface area (Å²) in [4.78, 5) is 0. The highest BCUT2D eigenvalue weighted by atomic mass is 15.5. The van der Waals surface area contributed by atoms with Crippen LogP contribution in [0.2, 0.25) is 0 Å². The molecule has 0 amide bonds. The molecule has 1 aromatic carbocycles. The van der Waals surface area contributed by atoms with Gasteiger partial charge in [-0.05, 0) is 24.3 Å². The molecule has 0 bridgehead atoms. The van der Waals surface area contributed by atoms with Gasteiger partial charge in [-0.3, -0.25) is 0 Å². The van der Waals surface area contributed by atoms with Gasteiger partial charge < -0.3 is 0 Å². The Morgan fingerprint density at radius 3 is 2.50 bits per heavy atom. The molecule has 89 valence electrons. The van der Waals surface area contributed by atoms with E-state index in [1.54, 1.807) is 0 Å². The fourth-order valence-corrected chi connectivity index (χ4v) is 1.49. The van der Waals surface area contributed by atoms with Crippen molar-refractivity contribution in [2.75, 3.05) is 20.1 Å². The van der Waals surface area contributed by atoms with Gasteiger partial charge in [0, 0.05) is 20.1 Å². The van der Waals surface area contributed by atoms with Crippen LogP contribution >= 0.6 is 0 Å². The molecule has 0 saturated carbocycles. The minimum absolute atomic E-state index is 0.742. The Kier molecular flexibility index (Phi) is 6.12. The molecule has 1 rings (SSSR count). The Labute approximate surface area is 99.6 Å². The zero-order valence-electron chi connectivity index (χ0n) is 10.7. The Morgan fingerprint density at radius 1 is 1.19 bits per heavy atom. The number of likely N-dealkylation sites (N-methyl/N-ethyl adjacent to an activating group) is 1. The zero-order chi connectivity index (χ0) is 11.8. The summed E-state index contributed by atoms with van der Waals surface area (Å²) < 4.78 is 0. The van der Waals surface area contributed by atoms with E-state index < -0.39 is 0 Å². The van der Waals surface area contributed by atoms with Crippen LogP contribution in [0.3, 0.4) is 0 Å². The maximum absolute atomic E-state index is 4.51. The predicted molar refractivity (Wildman–Crippen MR) is 69.2 cm³/mol. The minimum Gasteiger partial charge on any atom is -0.230 e. The van der Waals surface area contributed by atoms with Gasteiger partial charge in [0.1, 0.15) is 0 Å². The van der Waals surface area contributed by atoms with E-state index >= 15 is 0 Å². The molecule has 0 N–H and O–H groups in total. The van der Waals surface area contributed by atoms with Gasteiger partial charge in [-0.25, -0.2) is 5.01 Å². The highest BCUT2D eigenvalue weighted by molar-refractivity contribution is 5.14. The lowest BCUT2D eigenvalue weighted by Crippen LogP contribution is -2.30. The summed E-state index contributed by atoms with van der Waals surface area (Å²) in [5.41, 5.74) is 5.90. The van der Waals surface area contributed by atoms with Crippen molar-refractivity contribution in [3.05, 3.63) is 35.9 Å². The number of hydrogen-bond donors (Lipinski definition) is 0. The number of nitrogens with zero attached hydrogens (tertiary/aromatic N) is 2. The summed E-state index contributed by atoms with van der Waals surface area (Å²) in [6.45, 7) is 6.42. The van der Waals surface area contributed by atoms with E-state index in [-0.39, 0.29) is 0 Å². The Morgan fingerprint density at radius 2 is 1.88 bits per heavy atom. The molecular weight excluding hydrogens is 196 g/mol. The number of benzene rings is 1. The molecule has 0 heterocycles. The van der Waals surface area contributed by atoms with Gasteiger partial charge in [0.05, 0.1) is 0 Å². The molecule has 0 aliphatic carbocycles. The first-order chi connectivity index (χ1) is 7.68. The lowest BCUT2D eigenvalue weighted by molar-refractivity contribution is 0.223. The molecule has 1 aromatic rings. The van der Waals surface area contributed by atoms with Crippen LogP contribution in [0.1, 0.15) is 25.8 Å². The summed E-state index contributed by atoms with van der Waals surface area (Å²) >= 11 is 0. The van der Waals surface area contributed by atoms with E-state index in [1.807, 2.05) is 0 Å². The molecule has 0 atom stereocenters. The van der Waals surface area contributed by atoms with Gasteiger partial charge >= 0.3 is 0 Å². The van der Waals surface area contributed by atoms with Crippen LogP contribution in [0.25, 0.3) is 0 Å². The van der Waals surface area contributed by atoms with Crippen molar-refractivity contribution in [3.63, 3.8) is 0 Å². The second-order valence-electron chi connectivity index (χ2n) is 4.66. The lowest BCUT2D eigenvalue weighted by atomic mass is 10.1. The fourth-order valence-electron chi connectivity index (χ4n) is 1.49. The topological polar surface area (TPSA) is 17.3 Å². The third-order valence-electron chi connectivity index (χ3n) is 2.61. The van der Waals surface area contributed by atoms with Crippen LogP contribution in [0, 0.1) is 5.92 Å². The first-order valence-electron chi connectivity index (χ1n) is 6.11. The highest BCUT2D eigenvalue weighted by Crippen LogP contribution is 2.01. The van der Waals surface area contributed by atoms with Gasteiger partial charge in [-0.1, -0.05) is 44.2 Å². The van der Waals surface area contributed by atoms with E-state index in [1.165, 1.54) is 12.0 Å². The molecule has 0 aliphatic rings. The largest absolute Gasteiger partial charge is 0.230 e. The van der Waals surface area contributed by atoms with Crippen LogP contribution in [-0.4, -0.2) is 25.1 Å². The van der Waals surface area contributed by atoms with Gasteiger partial charge in [0.15, 0.2) is 0 Å². The molecular formula is C14H23N2. The van der Waals surface area contributed by atoms with Gasteiger partial charge in [0.25, 0.3) is 0 Å². The maximum atomic E-state index is 4.51. The summed E-state index contributed by atoms with van der Waals surface area (Å²) in [5.74, 6) is 0.742. The van der Waals surface area contributed by atoms with Crippen molar-refractivity contribution in [2.24, 2.45) is 5.92 Å². The van der Waals surface area contributed by atoms with Gasteiger partial charge in [-0.15, -0.1) is 0 Å². The smallest absolute Gasteiger partial charge is 0.0309 e. The molecule has 1 radical (unpaired) electrons. The molecule has 0 fully saturated rings. The van der Waals surface area contributed by atoms with E-state index in [0.717, 1.165) is 25.4 Å². The van der Waals surface area contributed by atoms with Gasteiger partial charge in [0.2, 0.25) is 0 Å². The van der Waals surface area contributed by atoms with Crippen LogP contribution in [0.4, 0.5) is 0 Å². The number of hydrogen-bond acceptors (Lipinski definition) is 1. The second-order valence-corrected chi connectivity index (χ2v) is 4.66. The minimum atomic E-state index is 0.742. The maximum Gasteiger partial charge on any atom is 0.0309 e. The van der Waals surface area contributed by atoms with Crippen molar-refractivity contribution >= 4 is 0 Å². The first-order valence-corrected chi connectivity index (χ1v) is 6.11. The van der Waals surface area contributed by atoms with Gasteiger partial charge in [-0.2, -0.15) is 5.43 Å². The standard InChI is InChI=1S/C14H23N2/c1-13(2)9-11-15-16(3)12-10-14-7-5-4-6-8-14/h4-8,13H,9-12H2,1-3H3. The van der Waals surface area contributed by atoms with Crippen LogP contribution in [0.5, 0.6) is 0 Å². The van der Waals surface area contributed by atoms with Crippen molar-refractivity contribution in [1.29, 1.82) is 0 Å². The fraction of sp³-hybridized carbons (Fsp3) is 0.571. The van der Waals surface area contributed by atoms with E-state index in [0.29, 0.717) is 0 Å². The van der Waals surface area contributed by atoms with E-state index in [9.17, 15) is 0 Å². The lowest BCUT2D eigenvalue weighted by Gasteiger charge is -2.16. The summed E-state index contributed by atoms with van der Waals surface area (Å²) in [6.07, 6.45) is 2.25. The van der Waals surface area contributed by atoms with Crippen LogP contribution < -0.4 is 5.43 Å². The molecule has 2 heteroatoms. The van der Waals surface area contributed by atoms with Crippen LogP contribution in [0.15, 0.2) is 30.3 Å². The first kappa shape index (κ1) is 13.2. The zero-order valence-corrected chi connectivity index (χ0v) is 10.7. The van der Waals surface area contributed by atoms with Crippen molar-refractivity contribution in [2.45, 2.75) is 26.7 Å². The van der Waals surface area contributed by atoms with Crippen molar-refractivity contribution in [1.82, 2.24) is 10.4 Å². The molecule has 0 aliphatic heterocycles. The Hall–Kier alpha value is -0.860. The van der Waals surface area contributed by atoms with Crippen LogP contribution in [-0.2, 0) is 6.42 Å². The predicted octanol–water partition coefficient (Wildman–Crippen LogP) is 2.73. The van der Waals surface area contributed by atoms with Crippen molar-refractivity contribution < 1.29 is 0 Å². The third kappa shape index (κ3) is 5.89. The average Bonchev–Trinajstić information content (AvgIpc) is 2.27. The van der Waals surface area contributed by atoms with E-state index in [4.69, 9.17) is 0 Å². The molecule has 0 saturated heterocycles. The third-order valence-corrected chi connectivity index (χ3v) is 2.61. The second kappa shape index (κ2) is 7.42. The highest BCUT2D eigenvalue weighted by Gasteiger charge is 2.00. The average molecular weight is 219 g/mol. The molecule has 0 spiro atoms. The van der Waals surface area contributed by atoms with Crippen molar-refractivity contribution in [3.8, 4) is 0 Å². The Bertz CT molecular complexity index is 269. The quantitative estimate of drug-likeness (QED) is 0.645. The summed E-state index contributed by atoms with van der Waals surface area (Å²) in [6, 6.07) is 10.6. The SMILES string of the molecule is CC(C)CC[N]N(C)CCc1ccccc1. The van der Waals surface area contributed by atoms with E-state index in [2.05, 4.69) is 61.7 Å². The molecule has 16 heavy (non-hydrogen) atoms. The Balaban J connectivity index is 2.13. The molecule has 0 unspecified atom stereocenters.